The van der Waals surface area contributed by atoms with Gasteiger partial charge in [-0.3, -0.25) is 4.79 Å². The lowest BCUT2D eigenvalue weighted by Gasteiger charge is -2.07. The summed E-state index contributed by atoms with van der Waals surface area (Å²) in [4.78, 5) is 10.9. The Bertz CT molecular complexity index is 328. The van der Waals surface area contributed by atoms with Crippen LogP contribution in [-0.4, -0.2) is 6.29 Å². The average molecular weight is 218 g/mol. The van der Waals surface area contributed by atoms with Crippen LogP contribution in [0.25, 0.3) is 0 Å². The van der Waals surface area contributed by atoms with Crippen molar-refractivity contribution >= 4 is 6.29 Å². The highest BCUT2D eigenvalue weighted by Gasteiger charge is 2.03. The molecule has 0 aliphatic rings. The van der Waals surface area contributed by atoms with Gasteiger partial charge < -0.3 is 0 Å². The van der Waals surface area contributed by atoms with Gasteiger partial charge in [0.05, 0.1) is 0 Å². The quantitative estimate of drug-likeness (QED) is 0.627. The number of aryl methyl sites for hydroxylation is 2. The van der Waals surface area contributed by atoms with E-state index < -0.39 is 0 Å². The third-order valence-electron chi connectivity index (χ3n) is 2.95. The number of hydrogen-bond donors (Lipinski definition) is 0. The lowest BCUT2D eigenvalue weighted by atomic mass is 9.98. The molecule has 1 heteroatoms. The molecule has 0 aromatic heterocycles. The maximum absolute atomic E-state index is 10.9. The average Bonchev–Trinajstić information content (AvgIpc) is 2.33. The van der Waals surface area contributed by atoms with Gasteiger partial charge in [-0.1, -0.05) is 44.9 Å². The summed E-state index contributed by atoms with van der Waals surface area (Å²) in [6, 6.07) is 6.28. The van der Waals surface area contributed by atoms with E-state index in [2.05, 4.69) is 26.0 Å². The van der Waals surface area contributed by atoms with Crippen molar-refractivity contribution in [2.45, 2.75) is 52.4 Å². The van der Waals surface area contributed by atoms with Crippen LogP contribution in [0, 0.1) is 0 Å². The van der Waals surface area contributed by atoms with E-state index in [9.17, 15) is 4.79 Å². The number of hydrogen-bond acceptors (Lipinski definition) is 1. The summed E-state index contributed by atoms with van der Waals surface area (Å²) in [7, 11) is 0. The molecule has 0 amide bonds. The van der Waals surface area contributed by atoms with Crippen LogP contribution in [0.3, 0.4) is 0 Å². The van der Waals surface area contributed by atoms with Crippen LogP contribution in [-0.2, 0) is 12.8 Å². The van der Waals surface area contributed by atoms with Gasteiger partial charge in [-0.15, -0.1) is 0 Å². The standard InChI is InChI=1S/C15H22O/c1-3-5-7-13-9-10-15(12-16)14(11-13)8-6-4-2/h9-12H,3-8H2,1-2H3. The topological polar surface area (TPSA) is 17.1 Å². The summed E-state index contributed by atoms with van der Waals surface area (Å²) in [6.45, 7) is 4.39. The van der Waals surface area contributed by atoms with Crippen molar-refractivity contribution < 1.29 is 4.79 Å². The van der Waals surface area contributed by atoms with Crippen molar-refractivity contribution in [3.8, 4) is 0 Å². The molecule has 0 fully saturated rings. The number of carbonyl (C=O) groups excluding carboxylic acids is 1. The molecule has 0 N–H and O–H groups in total. The summed E-state index contributed by atoms with van der Waals surface area (Å²) < 4.78 is 0. The summed E-state index contributed by atoms with van der Waals surface area (Å²) in [6.07, 6.45) is 7.94. The lowest BCUT2D eigenvalue weighted by molar-refractivity contribution is 0.112. The van der Waals surface area contributed by atoms with Gasteiger partial charge in [0, 0.05) is 5.56 Å². The molecule has 88 valence electrons. The second kappa shape index (κ2) is 7.21. The Labute approximate surface area is 98.9 Å². The van der Waals surface area contributed by atoms with Gasteiger partial charge in [0.25, 0.3) is 0 Å². The molecule has 0 aliphatic carbocycles. The summed E-state index contributed by atoms with van der Waals surface area (Å²) in [5, 5.41) is 0. The molecule has 0 atom stereocenters. The van der Waals surface area contributed by atoms with Gasteiger partial charge in [-0.05, 0) is 36.8 Å². The normalized spacial score (nSPS) is 10.4. The van der Waals surface area contributed by atoms with Crippen molar-refractivity contribution in [1.82, 2.24) is 0 Å². The molecule has 1 aromatic rings. The van der Waals surface area contributed by atoms with Crippen molar-refractivity contribution in [1.29, 1.82) is 0 Å². The first kappa shape index (κ1) is 13.0. The zero-order valence-electron chi connectivity index (χ0n) is 10.5. The zero-order chi connectivity index (χ0) is 11.8. The van der Waals surface area contributed by atoms with Crippen molar-refractivity contribution in [2.75, 3.05) is 0 Å². The molecular formula is C15H22O. The highest BCUT2D eigenvalue weighted by Crippen LogP contribution is 2.15. The summed E-state index contributed by atoms with van der Waals surface area (Å²) in [5.74, 6) is 0. The van der Waals surface area contributed by atoms with E-state index in [0.717, 1.165) is 31.1 Å². The molecule has 0 heterocycles. The van der Waals surface area contributed by atoms with Crippen LogP contribution in [0.4, 0.5) is 0 Å². The molecule has 1 rings (SSSR count). The van der Waals surface area contributed by atoms with Gasteiger partial charge in [-0.25, -0.2) is 0 Å². The Balaban J connectivity index is 2.78. The third kappa shape index (κ3) is 3.80. The van der Waals surface area contributed by atoms with E-state index in [0.29, 0.717) is 0 Å². The first-order chi connectivity index (χ1) is 7.81. The summed E-state index contributed by atoms with van der Waals surface area (Å²) in [5.41, 5.74) is 3.47. The minimum atomic E-state index is 0.869. The van der Waals surface area contributed by atoms with Gasteiger partial charge in [0.15, 0.2) is 0 Å². The first-order valence-corrected chi connectivity index (χ1v) is 6.38. The molecule has 0 saturated carbocycles. The number of unbranched alkanes of at least 4 members (excludes halogenated alkanes) is 2. The largest absolute Gasteiger partial charge is 0.298 e. The molecular weight excluding hydrogens is 196 g/mol. The SMILES string of the molecule is CCCCc1ccc(C=O)c(CCCC)c1. The monoisotopic (exact) mass is 218 g/mol. The Morgan fingerprint density at radius 3 is 2.38 bits per heavy atom. The summed E-state index contributed by atoms with van der Waals surface area (Å²) >= 11 is 0. The van der Waals surface area contributed by atoms with Gasteiger partial charge in [0.1, 0.15) is 6.29 Å². The number of benzene rings is 1. The predicted molar refractivity (Wildman–Crippen MR) is 69.1 cm³/mol. The maximum atomic E-state index is 10.9. The van der Waals surface area contributed by atoms with E-state index in [4.69, 9.17) is 0 Å². The number of rotatable bonds is 7. The highest BCUT2D eigenvalue weighted by atomic mass is 16.1. The van der Waals surface area contributed by atoms with E-state index in [-0.39, 0.29) is 0 Å². The molecule has 0 spiro atoms. The molecule has 0 bridgehead atoms. The fraction of sp³-hybridized carbons (Fsp3) is 0.533. The van der Waals surface area contributed by atoms with E-state index in [1.807, 2.05) is 6.07 Å². The van der Waals surface area contributed by atoms with E-state index in [1.165, 1.54) is 30.4 Å². The van der Waals surface area contributed by atoms with E-state index >= 15 is 0 Å². The van der Waals surface area contributed by atoms with Gasteiger partial charge in [0.2, 0.25) is 0 Å². The number of carbonyl (C=O) groups is 1. The molecule has 0 radical (unpaired) electrons. The van der Waals surface area contributed by atoms with Crippen molar-refractivity contribution in [3.05, 3.63) is 34.9 Å². The Morgan fingerprint density at radius 1 is 1.06 bits per heavy atom. The van der Waals surface area contributed by atoms with Crippen molar-refractivity contribution in [3.63, 3.8) is 0 Å². The van der Waals surface area contributed by atoms with Crippen LogP contribution < -0.4 is 0 Å². The smallest absolute Gasteiger partial charge is 0.150 e. The molecule has 0 unspecified atom stereocenters. The van der Waals surface area contributed by atoms with Crippen LogP contribution in [0.2, 0.25) is 0 Å². The zero-order valence-corrected chi connectivity index (χ0v) is 10.5. The fourth-order valence-corrected chi connectivity index (χ4v) is 1.89. The van der Waals surface area contributed by atoms with Crippen molar-refractivity contribution in [2.24, 2.45) is 0 Å². The van der Waals surface area contributed by atoms with E-state index in [1.54, 1.807) is 0 Å². The number of aldehydes is 1. The van der Waals surface area contributed by atoms with Crippen LogP contribution in [0.15, 0.2) is 18.2 Å². The molecule has 1 nitrogen and oxygen atoms in total. The van der Waals surface area contributed by atoms with Crippen LogP contribution in [0.1, 0.15) is 61.0 Å². The Kier molecular flexibility index (Phi) is 5.84. The van der Waals surface area contributed by atoms with Crippen LogP contribution >= 0.6 is 0 Å². The minimum Gasteiger partial charge on any atom is -0.298 e. The third-order valence-corrected chi connectivity index (χ3v) is 2.95. The van der Waals surface area contributed by atoms with Gasteiger partial charge in [-0.2, -0.15) is 0 Å². The lowest BCUT2D eigenvalue weighted by Crippen LogP contribution is -1.96. The highest BCUT2D eigenvalue weighted by molar-refractivity contribution is 5.77. The first-order valence-electron chi connectivity index (χ1n) is 6.38. The predicted octanol–water partition coefficient (Wildman–Crippen LogP) is 4.18. The second-order valence-corrected chi connectivity index (χ2v) is 4.36. The maximum Gasteiger partial charge on any atom is 0.150 e. The fourth-order valence-electron chi connectivity index (χ4n) is 1.89. The molecule has 16 heavy (non-hydrogen) atoms. The second-order valence-electron chi connectivity index (χ2n) is 4.36. The Hall–Kier alpha value is -1.11. The molecule has 1 aromatic carbocycles. The van der Waals surface area contributed by atoms with Crippen LogP contribution in [0.5, 0.6) is 0 Å². The molecule has 0 aliphatic heterocycles. The Morgan fingerprint density at radius 2 is 1.75 bits per heavy atom. The minimum absolute atomic E-state index is 0.869. The molecule has 0 saturated heterocycles. The van der Waals surface area contributed by atoms with Gasteiger partial charge >= 0.3 is 0 Å².